The number of benzene rings is 1. The zero-order valence-corrected chi connectivity index (χ0v) is 19.3. The summed E-state index contributed by atoms with van der Waals surface area (Å²) in [4.78, 5) is 12.6. The number of halogens is 2. The average Bonchev–Trinajstić information content (AvgIpc) is 3.14. The lowest BCUT2D eigenvalue weighted by molar-refractivity contribution is -0.120. The first-order valence-electron chi connectivity index (χ1n) is 10.6. The van der Waals surface area contributed by atoms with Crippen LogP contribution in [-0.4, -0.2) is 37.0 Å². The fourth-order valence-electron chi connectivity index (χ4n) is 4.07. The minimum atomic E-state index is -0.0320. The first-order chi connectivity index (χ1) is 14.9. The second-order valence-corrected chi connectivity index (χ2v) is 8.75. The summed E-state index contributed by atoms with van der Waals surface area (Å²) >= 11 is 12.2. The number of aryl methyl sites for hydroxylation is 2. The zero-order chi connectivity index (χ0) is 22.0. The van der Waals surface area contributed by atoms with Gasteiger partial charge in [0.15, 0.2) is 0 Å². The predicted molar refractivity (Wildman–Crippen MR) is 121 cm³/mol. The van der Waals surface area contributed by atoms with Crippen molar-refractivity contribution >= 4 is 29.1 Å². The fourth-order valence-corrected chi connectivity index (χ4v) is 4.36. The summed E-state index contributed by atoms with van der Waals surface area (Å²) in [7, 11) is 0. The highest BCUT2D eigenvalue weighted by atomic mass is 35.5. The van der Waals surface area contributed by atoms with Crippen LogP contribution in [-0.2, 0) is 30.6 Å². The fraction of sp³-hybridized carbons (Fsp3) is 0.455. The summed E-state index contributed by atoms with van der Waals surface area (Å²) in [6.45, 7) is 5.37. The highest BCUT2D eigenvalue weighted by molar-refractivity contribution is 6.42. The van der Waals surface area contributed by atoms with Crippen LogP contribution in [0.5, 0.6) is 0 Å². The molecule has 4 rings (SSSR count). The minimum absolute atomic E-state index is 0.0320. The van der Waals surface area contributed by atoms with Crippen molar-refractivity contribution in [2.24, 2.45) is 0 Å². The predicted octanol–water partition coefficient (Wildman–Crippen LogP) is 4.02. The molecule has 1 amide bonds. The molecule has 1 aliphatic rings. The van der Waals surface area contributed by atoms with Crippen molar-refractivity contribution in [1.82, 2.24) is 29.9 Å². The number of nitrogens with one attached hydrogen (secondary N) is 1. The smallest absolute Gasteiger partial charge is 0.224 e. The molecular weight excluding hydrogens is 435 g/mol. The second kappa shape index (κ2) is 9.40. The second-order valence-electron chi connectivity index (χ2n) is 7.93. The van der Waals surface area contributed by atoms with Gasteiger partial charge in [0.2, 0.25) is 5.91 Å². The maximum atomic E-state index is 12.6. The van der Waals surface area contributed by atoms with E-state index in [0.717, 1.165) is 53.7 Å². The third kappa shape index (κ3) is 4.77. The number of carbonyl (C=O) groups is 1. The molecule has 0 unspecified atom stereocenters. The van der Waals surface area contributed by atoms with Crippen LogP contribution in [0.25, 0.3) is 5.69 Å². The molecule has 3 heterocycles. The molecular formula is C22H26Cl2N6O. The lowest BCUT2D eigenvalue weighted by Gasteiger charge is -2.09. The molecule has 0 saturated heterocycles. The first kappa shape index (κ1) is 21.8. The Morgan fingerprint density at radius 3 is 2.77 bits per heavy atom. The Kier molecular flexibility index (Phi) is 6.62. The van der Waals surface area contributed by atoms with Crippen molar-refractivity contribution in [3.63, 3.8) is 0 Å². The van der Waals surface area contributed by atoms with Gasteiger partial charge in [0, 0.05) is 37.2 Å². The van der Waals surface area contributed by atoms with Crippen molar-refractivity contribution in [2.75, 3.05) is 6.54 Å². The van der Waals surface area contributed by atoms with Gasteiger partial charge in [-0.05, 0) is 44.9 Å². The Bertz CT molecular complexity index is 1100. The quantitative estimate of drug-likeness (QED) is 0.602. The molecule has 0 spiro atoms. The van der Waals surface area contributed by atoms with Crippen molar-refractivity contribution < 1.29 is 4.79 Å². The average molecular weight is 461 g/mol. The number of hydrogen-bond donors (Lipinski definition) is 1. The van der Waals surface area contributed by atoms with Crippen LogP contribution in [0.3, 0.4) is 0 Å². The Hall–Kier alpha value is -2.38. The van der Waals surface area contributed by atoms with Gasteiger partial charge in [0.1, 0.15) is 11.6 Å². The number of aromatic nitrogens is 5. The highest BCUT2D eigenvalue weighted by Gasteiger charge is 2.18. The SMILES string of the molecule is Cc1nn(-c2ccc(Cl)c(Cl)c2)c(C)c1CC(=O)NCCc1nnc2n1CCCCC2. The molecule has 0 saturated carbocycles. The van der Waals surface area contributed by atoms with Crippen LogP contribution in [0, 0.1) is 13.8 Å². The lowest BCUT2D eigenvalue weighted by Crippen LogP contribution is -2.28. The molecule has 1 aromatic carbocycles. The Morgan fingerprint density at radius 2 is 1.97 bits per heavy atom. The van der Waals surface area contributed by atoms with Crippen molar-refractivity contribution in [2.45, 2.75) is 58.9 Å². The number of amides is 1. The Labute approximate surface area is 191 Å². The molecule has 164 valence electrons. The topological polar surface area (TPSA) is 77.6 Å². The van der Waals surface area contributed by atoms with Crippen LogP contribution in [0.4, 0.5) is 0 Å². The van der Waals surface area contributed by atoms with E-state index in [1.54, 1.807) is 16.8 Å². The van der Waals surface area contributed by atoms with E-state index in [2.05, 4.69) is 25.2 Å². The van der Waals surface area contributed by atoms with Gasteiger partial charge < -0.3 is 9.88 Å². The maximum absolute atomic E-state index is 12.6. The molecule has 3 aromatic rings. The van der Waals surface area contributed by atoms with E-state index in [9.17, 15) is 4.79 Å². The van der Waals surface area contributed by atoms with Gasteiger partial charge in [0.05, 0.1) is 27.8 Å². The molecule has 1 aliphatic heterocycles. The number of carbonyl (C=O) groups excluding carboxylic acids is 1. The monoisotopic (exact) mass is 460 g/mol. The van der Waals surface area contributed by atoms with E-state index < -0.39 is 0 Å². The summed E-state index contributed by atoms with van der Waals surface area (Å²) in [6.07, 6.45) is 5.50. The lowest BCUT2D eigenvalue weighted by atomic mass is 10.1. The van der Waals surface area contributed by atoms with Gasteiger partial charge in [-0.1, -0.05) is 29.6 Å². The van der Waals surface area contributed by atoms with E-state index in [-0.39, 0.29) is 12.3 Å². The van der Waals surface area contributed by atoms with Gasteiger partial charge in [-0.2, -0.15) is 5.10 Å². The maximum Gasteiger partial charge on any atom is 0.224 e. The van der Waals surface area contributed by atoms with Crippen LogP contribution >= 0.6 is 23.2 Å². The third-order valence-electron chi connectivity index (χ3n) is 5.78. The van der Waals surface area contributed by atoms with Gasteiger partial charge in [-0.25, -0.2) is 4.68 Å². The van der Waals surface area contributed by atoms with Gasteiger partial charge in [-0.15, -0.1) is 10.2 Å². The molecule has 31 heavy (non-hydrogen) atoms. The Balaban J connectivity index is 1.38. The normalized spacial score (nSPS) is 13.7. The van der Waals surface area contributed by atoms with Crippen molar-refractivity contribution in [1.29, 1.82) is 0 Å². The summed E-state index contributed by atoms with van der Waals surface area (Å²) in [5, 5.41) is 17.2. The largest absolute Gasteiger partial charge is 0.355 e. The third-order valence-corrected chi connectivity index (χ3v) is 6.52. The van der Waals surface area contributed by atoms with Gasteiger partial charge in [-0.3, -0.25) is 4.79 Å². The summed E-state index contributed by atoms with van der Waals surface area (Å²) < 4.78 is 4.01. The Morgan fingerprint density at radius 1 is 1.13 bits per heavy atom. The molecule has 9 heteroatoms. The molecule has 0 radical (unpaired) electrons. The van der Waals surface area contributed by atoms with Crippen LogP contribution in [0.1, 0.15) is 47.9 Å². The van der Waals surface area contributed by atoms with E-state index >= 15 is 0 Å². The van der Waals surface area contributed by atoms with Crippen molar-refractivity contribution in [3.05, 3.63) is 56.8 Å². The number of fused-ring (bicyclic) bond motifs is 1. The van der Waals surface area contributed by atoms with Crippen LogP contribution < -0.4 is 5.32 Å². The highest BCUT2D eigenvalue weighted by Crippen LogP contribution is 2.26. The molecule has 0 fully saturated rings. The van der Waals surface area contributed by atoms with Crippen molar-refractivity contribution in [3.8, 4) is 5.69 Å². The number of nitrogens with zero attached hydrogens (tertiary/aromatic N) is 5. The van der Waals surface area contributed by atoms with Crippen LogP contribution in [0.2, 0.25) is 10.0 Å². The number of hydrogen-bond acceptors (Lipinski definition) is 4. The zero-order valence-electron chi connectivity index (χ0n) is 17.8. The standard InChI is InChI=1S/C22H26Cl2N6O/c1-14-17(15(2)30(28-14)16-7-8-18(23)19(24)12-16)13-22(31)25-10-9-21-27-26-20-6-4-3-5-11-29(20)21/h7-8,12H,3-6,9-11,13H2,1-2H3,(H,25,31). The van der Waals surface area contributed by atoms with Gasteiger partial charge in [0.25, 0.3) is 0 Å². The van der Waals surface area contributed by atoms with E-state index in [0.29, 0.717) is 23.0 Å². The van der Waals surface area contributed by atoms with Crippen LogP contribution in [0.15, 0.2) is 18.2 Å². The molecule has 1 N–H and O–H groups in total. The van der Waals surface area contributed by atoms with Gasteiger partial charge >= 0.3 is 0 Å². The minimum Gasteiger partial charge on any atom is -0.355 e. The molecule has 7 nitrogen and oxygen atoms in total. The first-order valence-corrected chi connectivity index (χ1v) is 11.4. The van der Waals surface area contributed by atoms with E-state index in [1.807, 2.05) is 19.9 Å². The molecule has 0 atom stereocenters. The van der Waals surface area contributed by atoms with E-state index in [4.69, 9.17) is 23.2 Å². The van der Waals surface area contributed by atoms with E-state index in [1.165, 1.54) is 12.8 Å². The summed E-state index contributed by atoms with van der Waals surface area (Å²) in [6, 6.07) is 5.38. The molecule has 0 bridgehead atoms. The summed E-state index contributed by atoms with van der Waals surface area (Å²) in [5.74, 6) is 1.99. The summed E-state index contributed by atoms with van der Waals surface area (Å²) in [5.41, 5.74) is 3.46. The molecule has 2 aromatic heterocycles. The molecule has 0 aliphatic carbocycles. The number of rotatable bonds is 6.